The van der Waals surface area contributed by atoms with Gasteiger partial charge in [-0.1, -0.05) is 0 Å². The Morgan fingerprint density at radius 2 is 2.29 bits per heavy atom. The van der Waals surface area contributed by atoms with Gasteiger partial charge in [0.25, 0.3) is 0 Å². The molecule has 2 unspecified atom stereocenters. The number of hydrogen-bond donors (Lipinski definition) is 1. The zero-order valence-corrected chi connectivity index (χ0v) is 8.24. The second kappa shape index (κ2) is 4.09. The van der Waals surface area contributed by atoms with Gasteiger partial charge in [0, 0.05) is 25.6 Å². The van der Waals surface area contributed by atoms with Gasteiger partial charge in [-0.15, -0.1) is 0 Å². The van der Waals surface area contributed by atoms with E-state index >= 15 is 0 Å². The Morgan fingerprint density at radius 3 is 2.86 bits per heavy atom. The van der Waals surface area contributed by atoms with Gasteiger partial charge in [-0.2, -0.15) is 0 Å². The molecule has 2 saturated heterocycles. The van der Waals surface area contributed by atoms with Crippen molar-refractivity contribution in [2.45, 2.75) is 12.8 Å². The van der Waals surface area contributed by atoms with Crippen molar-refractivity contribution in [1.82, 2.24) is 10.2 Å². The van der Waals surface area contributed by atoms with Crippen LogP contribution in [0.1, 0.15) is 12.8 Å². The van der Waals surface area contributed by atoms with Crippen LogP contribution in [-0.4, -0.2) is 43.3 Å². The van der Waals surface area contributed by atoms with E-state index in [1.165, 1.54) is 0 Å². The molecule has 0 spiro atoms. The molecule has 2 rings (SSSR count). The number of amides is 1. The van der Waals surface area contributed by atoms with Gasteiger partial charge in [-0.05, 0) is 19.4 Å². The molecular formula is C10H16N2O2. The largest absolute Gasteiger partial charge is 0.342 e. The van der Waals surface area contributed by atoms with E-state index in [9.17, 15) is 9.59 Å². The molecule has 2 heterocycles. The zero-order valence-electron chi connectivity index (χ0n) is 8.24. The summed E-state index contributed by atoms with van der Waals surface area (Å²) in [5.41, 5.74) is 0. The van der Waals surface area contributed by atoms with E-state index in [0.717, 1.165) is 38.8 Å². The molecule has 1 amide bonds. The molecule has 0 aromatic rings. The summed E-state index contributed by atoms with van der Waals surface area (Å²) in [6.45, 7) is 3.15. The van der Waals surface area contributed by atoms with Gasteiger partial charge in [0.05, 0.1) is 5.92 Å². The van der Waals surface area contributed by atoms with Gasteiger partial charge in [-0.25, -0.2) is 0 Å². The lowest BCUT2D eigenvalue weighted by atomic mass is 10.1. The maximum Gasteiger partial charge on any atom is 0.227 e. The molecule has 1 N–H and O–H groups in total. The van der Waals surface area contributed by atoms with Crippen molar-refractivity contribution in [2.24, 2.45) is 11.8 Å². The number of likely N-dealkylation sites (tertiary alicyclic amines) is 1. The maximum atomic E-state index is 11.9. The average Bonchev–Trinajstić information content (AvgIpc) is 2.88. The molecule has 14 heavy (non-hydrogen) atoms. The third kappa shape index (κ3) is 1.80. The third-order valence-electron chi connectivity index (χ3n) is 3.14. The van der Waals surface area contributed by atoms with Crippen molar-refractivity contribution >= 4 is 12.2 Å². The van der Waals surface area contributed by atoms with Crippen LogP contribution in [0.3, 0.4) is 0 Å². The van der Waals surface area contributed by atoms with Crippen molar-refractivity contribution < 1.29 is 9.59 Å². The molecule has 2 atom stereocenters. The number of nitrogens with zero attached hydrogens (tertiary/aromatic N) is 1. The number of carbonyl (C=O) groups excluding carboxylic acids is 2. The molecule has 78 valence electrons. The molecule has 4 nitrogen and oxygen atoms in total. The second-order valence-electron chi connectivity index (χ2n) is 4.16. The van der Waals surface area contributed by atoms with Crippen molar-refractivity contribution in [3.63, 3.8) is 0 Å². The summed E-state index contributed by atoms with van der Waals surface area (Å²) in [4.78, 5) is 24.3. The van der Waals surface area contributed by atoms with E-state index in [-0.39, 0.29) is 17.7 Å². The monoisotopic (exact) mass is 196 g/mol. The molecule has 0 aromatic carbocycles. The molecule has 0 aliphatic carbocycles. The molecule has 0 radical (unpaired) electrons. The Bertz CT molecular complexity index is 236. The molecular weight excluding hydrogens is 180 g/mol. The van der Waals surface area contributed by atoms with Crippen LogP contribution in [0.15, 0.2) is 0 Å². The maximum absolute atomic E-state index is 11.9. The Kier molecular flexibility index (Phi) is 2.82. The minimum atomic E-state index is 0.0771. The Hall–Kier alpha value is -0.900. The van der Waals surface area contributed by atoms with E-state index in [0.29, 0.717) is 6.54 Å². The molecule has 2 aliphatic rings. The molecule has 0 aromatic heterocycles. The van der Waals surface area contributed by atoms with Crippen molar-refractivity contribution in [1.29, 1.82) is 0 Å². The Balaban J connectivity index is 1.89. The number of carbonyl (C=O) groups is 2. The average molecular weight is 196 g/mol. The van der Waals surface area contributed by atoms with Crippen molar-refractivity contribution in [3.8, 4) is 0 Å². The summed E-state index contributed by atoms with van der Waals surface area (Å²) in [7, 11) is 0. The zero-order chi connectivity index (χ0) is 9.97. The smallest absolute Gasteiger partial charge is 0.227 e. The molecule has 4 heteroatoms. The van der Waals surface area contributed by atoms with E-state index in [1.54, 1.807) is 0 Å². The van der Waals surface area contributed by atoms with Crippen LogP contribution in [0.2, 0.25) is 0 Å². The van der Waals surface area contributed by atoms with Gasteiger partial charge >= 0.3 is 0 Å². The number of nitrogens with one attached hydrogen (secondary N) is 1. The van der Waals surface area contributed by atoms with Gasteiger partial charge in [-0.3, -0.25) is 4.79 Å². The van der Waals surface area contributed by atoms with E-state index < -0.39 is 0 Å². The predicted octanol–water partition coefficient (Wildman–Crippen LogP) is -0.357. The van der Waals surface area contributed by atoms with Crippen LogP contribution in [0.4, 0.5) is 0 Å². The predicted molar refractivity (Wildman–Crippen MR) is 51.7 cm³/mol. The molecule has 0 saturated carbocycles. The van der Waals surface area contributed by atoms with Gasteiger partial charge in [0.15, 0.2) is 0 Å². The summed E-state index contributed by atoms with van der Waals surface area (Å²) >= 11 is 0. The fourth-order valence-electron chi connectivity index (χ4n) is 2.22. The lowest BCUT2D eigenvalue weighted by Gasteiger charge is -2.19. The first kappa shape index (κ1) is 9.65. The van der Waals surface area contributed by atoms with Crippen molar-refractivity contribution in [3.05, 3.63) is 0 Å². The number of hydrogen-bond acceptors (Lipinski definition) is 3. The normalized spacial score (nSPS) is 32.1. The van der Waals surface area contributed by atoms with Gasteiger partial charge < -0.3 is 15.0 Å². The van der Waals surface area contributed by atoms with E-state index in [1.807, 2.05) is 4.90 Å². The minimum Gasteiger partial charge on any atom is -0.342 e. The first-order chi connectivity index (χ1) is 6.81. The third-order valence-corrected chi connectivity index (χ3v) is 3.14. The second-order valence-corrected chi connectivity index (χ2v) is 4.16. The lowest BCUT2D eigenvalue weighted by molar-refractivity contribution is -0.133. The van der Waals surface area contributed by atoms with Crippen LogP contribution < -0.4 is 5.32 Å². The number of rotatable bonds is 2. The van der Waals surface area contributed by atoms with Gasteiger partial charge in [0.1, 0.15) is 6.29 Å². The minimum absolute atomic E-state index is 0.0771. The summed E-state index contributed by atoms with van der Waals surface area (Å²) < 4.78 is 0. The molecule has 2 fully saturated rings. The SMILES string of the molecule is O=CC1CCN(C(=O)C2CCNC2)C1. The quantitative estimate of drug-likeness (QED) is 0.614. The highest BCUT2D eigenvalue weighted by molar-refractivity contribution is 5.80. The standard InChI is InChI=1S/C10H16N2O2/c13-7-8-2-4-12(6-8)10(14)9-1-3-11-5-9/h7-9,11H,1-6H2. The van der Waals surface area contributed by atoms with Crippen LogP contribution >= 0.6 is 0 Å². The summed E-state index contributed by atoms with van der Waals surface area (Å²) in [5.74, 6) is 0.466. The summed E-state index contributed by atoms with van der Waals surface area (Å²) in [6, 6.07) is 0. The summed E-state index contributed by atoms with van der Waals surface area (Å²) in [5, 5.41) is 3.18. The fourth-order valence-corrected chi connectivity index (χ4v) is 2.22. The highest BCUT2D eigenvalue weighted by Gasteiger charge is 2.31. The van der Waals surface area contributed by atoms with Crippen molar-refractivity contribution in [2.75, 3.05) is 26.2 Å². The molecule has 0 bridgehead atoms. The first-order valence-corrected chi connectivity index (χ1v) is 5.26. The van der Waals surface area contributed by atoms with Gasteiger partial charge in [0.2, 0.25) is 5.91 Å². The highest BCUT2D eigenvalue weighted by atomic mass is 16.2. The van der Waals surface area contributed by atoms with Crippen LogP contribution in [0.25, 0.3) is 0 Å². The highest BCUT2D eigenvalue weighted by Crippen LogP contribution is 2.19. The Labute approximate surface area is 83.6 Å². The fraction of sp³-hybridized carbons (Fsp3) is 0.800. The first-order valence-electron chi connectivity index (χ1n) is 5.26. The van der Waals surface area contributed by atoms with E-state index in [2.05, 4.69) is 5.32 Å². The number of aldehydes is 1. The summed E-state index contributed by atoms with van der Waals surface area (Å²) in [6.07, 6.45) is 2.76. The van der Waals surface area contributed by atoms with Crippen LogP contribution in [0, 0.1) is 11.8 Å². The topological polar surface area (TPSA) is 49.4 Å². The Morgan fingerprint density at radius 1 is 1.43 bits per heavy atom. The lowest BCUT2D eigenvalue weighted by Crippen LogP contribution is -2.35. The van der Waals surface area contributed by atoms with Crippen LogP contribution in [0.5, 0.6) is 0 Å². The van der Waals surface area contributed by atoms with E-state index in [4.69, 9.17) is 0 Å². The van der Waals surface area contributed by atoms with Crippen LogP contribution in [-0.2, 0) is 9.59 Å². The molecule has 2 aliphatic heterocycles.